The van der Waals surface area contributed by atoms with Crippen molar-refractivity contribution in [2.24, 2.45) is 17.6 Å². The number of nitrogens with one attached hydrogen (secondary N) is 3. The number of carboxylic acids is 1. The third kappa shape index (κ3) is 11.9. The first-order valence-electron chi connectivity index (χ1n) is 10.4. The number of aliphatic carboxylic acids is 1. The Hall–Kier alpha value is -1.85. The van der Waals surface area contributed by atoms with Crippen molar-refractivity contribution in [2.75, 3.05) is 18.6 Å². The lowest BCUT2D eigenvalue weighted by atomic mass is 10.00. The van der Waals surface area contributed by atoms with Gasteiger partial charge in [0.05, 0.1) is 12.6 Å². The summed E-state index contributed by atoms with van der Waals surface area (Å²) in [6, 6.07) is -4.12. The summed E-state index contributed by atoms with van der Waals surface area (Å²) in [5.41, 5.74) is 5.92. The molecule has 0 aromatic heterocycles. The molecule has 10 nitrogen and oxygen atoms in total. The van der Waals surface area contributed by atoms with Gasteiger partial charge in [0.15, 0.2) is 0 Å². The zero-order chi connectivity index (χ0) is 24.1. The summed E-state index contributed by atoms with van der Waals surface area (Å²) in [7, 11) is 0. The summed E-state index contributed by atoms with van der Waals surface area (Å²) in [5, 5.41) is 25.7. The molecule has 0 bridgehead atoms. The molecule has 0 aliphatic heterocycles. The Labute approximate surface area is 188 Å². The number of carboxylic acid groups (broad SMARTS) is 1. The van der Waals surface area contributed by atoms with E-state index in [2.05, 4.69) is 16.0 Å². The van der Waals surface area contributed by atoms with Gasteiger partial charge < -0.3 is 31.9 Å². The van der Waals surface area contributed by atoms with E-state index in [1.807, 2.05) is 34.0 Å². The maximum absolute atomic E-state index is 12.9. The number of aliphatic hydroxyl groups excluding tert-OH is 1. The molecule has 0 fully saturated rings. The molecule has 0 saturated carbocycles. The van der Waals surface area contributed by atoms with Crippen molar-refractivity contribution in [2.45, 2.75) is 71.1 Å². The van der Waals surface area contributed by atoms with Crippen LogP contribution in [-0.2, 0) is 19.2 Å². The van der Waals surface area contributed by atoms with Crippen LogP contribution in [0, 0.1) is 11.8 Å². The molecular formula is C20H38N4O6S. The summed E-state index contributed by atoms with van der Waals surface area (Å²) >= 11 is 1.46. The van der Waals surface area contributed by atoms with Gasteiger partial charge in [-0.3, -0.25) is 14.4 Å². The average molecular weight is 463 g/mol. The van der Waals surface area contributed by atoms with Crippen LogP contribution >= 0.6 is 11.8 Å². The van der Waals surface area contributed by atoms with Crippen LogP contribution in [0.25, 0.3) is 0 Å². The monoisotopic (exact) mass is 462 g/mol. The molecule has 0 aliphatic carbocycles. The van der Waals surface area contributed by atoms with Crippen LogP contribution in [0.3, 0.4) is 0 Å². The predicted octanol–water partition coefficient (Wildman–Crippen LogP) is -0.310. The molecule has 31 heavy (non-hydrogen) atoms. The topological polar surface area (TPSA) is 171 Å². The van der Waals surface area contributed by atoms with Crippen molar-refractivity contribution in [3.8, 4) is 0 Å². The van der Waals surface area contributed by atoms with Gasteiger partial charge in [-0.2, -0.15) is 11.8 Å². The third-order valence-electron chi connectivity index (χ3n) is 4.44. The van der Waals surface area contributed by atoms with Gasteiger partial charge in [0.1, 0.15) is 18.1 Å². The average Bonchev–Trinajstić information content (AvgIpc) is 2.66. The number of carbonyl (C=O) groups is 4. The molecule has 4 atom stereocenters. The van der Waals surface area contributed by atoms with Gasteiger partial charge in [-0.25, -0.2) is 4.79 Å². The first-order chi connectivity index (χ1) is 14.4. The minimum atomic E-state index is -1.47. The first-order valence-corrected chi connectivity index (χ1v) is 11.8. The molecule has 4 unspecified atom stereocenters. The molecule has 0 spiro atoms. The van der Waals surface area contributed by atoms with E-state index in [9.17, 15) is 19.2 Å². The molecule has 7 N–H and O–H groups in total. The molecule has 0 heterocycles. The highest BCUT2D eigenvalue weighted by molar-refractivity contribution is 7.98. The highest BCUT2D eigenvalue weighted by atomic mass is 32.2. The van der Waals surface area contributed by atoms with Gasteiger partial charge in [0.25, 0.3) is 0 Å². The number of carbonyl (C=O) groups excluding carboxylic acids is 3. The fourth-order valence-corrected chi connectivity index (χ4v) is 3.30. The van der Waals surface area contributed by atoms with Crippen LogP contribution in [0.15, 0.2) is 0 Å². The van der Waals surface area contributed by atoms with Crippen LogP contribution in [0.2, 0.25) is 0 Å². The van der Waals surface area contributed by atoms with Crippen molar-refractivity contribution in [3.05, 3.63) is 0 Å². The number of hydrogen-bond acceptors (Lipinski definition) is 7. The quantitative estimate of drug-likeness (QED) is 0.192. The van der Waals surface area contributed by atoms with Gasteiger partial charge in [-0.1, -0.05) is 27.7 Å². The Morgan fingerprint density at radius 2 is 1.32 bits per heavy atom. The van der Waals surface area contributed by atoms with Crippen LogP contribution in [0.5, 0.6) is 0 Å². The predicted molar refractivity (Wildman–Crippen MR) is 120 cm³/mol. The molecule has 0 aliphatic rings. The molecule has 0 aromatic rings. The summed E-state index contributed by atoms with van der Waals surface area (Å²) in [6.07, 6.45) is 2.91. The lowest BCUT2D eigenvalue weighted by Crippen LogP contribution is -2.57. The van der Waals surface area contributed by atoms with E-state index in [4.69, 9.17) is 15.9 Å². The van der Waals surface area contributed by atoms with Crippen LogP contribution < -0.4 is 21.7 Å². The zero-order valence-corrected chi connectivity index (χ0v) is 19.8. The smallest absolute Gasteiger partial charge is 0.328 e. The molecule has 0 saturated heterocycles. The SMILES string of the molecule is CSCCC(NC(=O)C(CC(C)C)NC(=O)C(N)CC(C)C)C(=O)NC(CO)C(=O)O. The second-order valence-electron chi connectivity index (χ2n) is 8.35. The second-order valence-corrected chi connectivity index (χ2v) is 9.34. The van der Waals surface area contributed by atoms with Gasteiger partial charge in [-0.15, -0.1) is 0 Å². The molecule has 0 aromatic carbocycles. The van der Waals surface area contributed by atoms with Gasteiger partial charge in [-0.05, 0) is 43.1 Å². The Kier molecular flexibility index (Phi) is 14.1. The van der Waals surface area contributed by atoms with Crippen molar-refractivity contribution >= 4 is 35.5 Å². The van der Waals surface area contributed by atoms with Crippen LogP contribution in [-0.4, -0.2) is 76.7 Å². The molecule has 0 radical (unpaired) electrons. The zero-order valence-electron chi connectivity index (χ0n) is 19.0. The summed E-state index contributed by atoms with van der Waals surface area (Å²) in [5.74, 6) is -2.24. The van der Waals surface area contributed by atoms with Crippen molar-refractivity contribution < 1.29 is 29.4 Å². The lowest BCUT2D eigenvalue weighted by Gasteiger charge is -2.26. The second kappa shape index (κ2) is 15.0. The fraction of sp³-hybridized carbons (Fsp3) is 0.800. The Bertz CT molecular complexity index is 602. The van der Waals surface area contributed by atoms with E-state index in [-0.39, 0.29) is 18.3 Å². The largest absolute Gasteiger partial charge is 0.480 e. The number of nitrogens with two attached hydrogens (primary N) is 1. The van der Waals surface area contributed by atoms with Crippen LogP contribution in [0.4, 0.5) is 0 Å². The van der Waals surface area contributed by atoms with Crippen molar-refractivity contribution in [1.29, 1.82) is 0 Å². The molecule has 3 amide bonds. The first kappa shape index (κ1) is 29.1. The minimum Gasteiger partial charge on any atom is -0.480 e. The van der Waals surface area contributed by atoms with E-state index in [1.165, 1.54) is 11.8 Å². The molecule has 11 heteroatoms. The highest BCUT2D eigenvalue weighted by Gasteiger charge is 2.30. The van der Waals surface area contributed by atoms with Gasteiger partial charge in [0, 0.05) is 0 Å². The van der Waals surface area contributed by atoms with Crippen molar-refractivity contribution in [3.63, 3.8) is 0 Å². The van der Waals surface area contributed by atoms with E-state index < -0.39 is 54.5 Å². The normalized spacial score (nSPS) is 15.1. The Morgan fingerprint density at radius 3 is 1.77 bits per heavy atom. The number of amides is 3. The van der Waals surface area contributed by atoms with Gasteiger partial charge in [0.2, 0.25) is 17.7 Å². The molecule has 0 rings (SSSR count). The number of rotatable bonds is 15. The summed E-state index contributed by atoms with van der Waals surface area (Å²) in [4.78, 5) is 49.0. The Morgan fingerprint density at radius 1 is 0.839 bits per heavy atom. The minimum absolute atomic E-state index is 0.0848. The van der Waals surface area contributed by atoms with E-state index >= 15 is 0 Å². The summed E-state index contributed by atoms with van der Waals surface area (Å²) < 4.78 is 0. The van der Waals surface area contributed by atoms with E-state index in [1.54, 1.807) is 0 Å². The summed E-state index contributed by atoms with van der Waals surface area (Å²) in [6.45, 7) is 6.91. The van der Waals surface area contributed by atoms with Gasteiger partial charge >= 0.3 is 5.97 Å². The van der Waals surface area contributed by atoms with E-state index in [0.717, 1.165) is 0 Å². The molecular weight excluding hydrogens is 424 g/mol. The maximum Gasteiger partial charge on any atom is 0.328 e. The van der Waals surface area contributed by atoms with Crippen LogP contribution in [0.1, 0.15) is 47.0 Å². The fourth-order valence-electron chi connectivity index (χ4n) is 2.83. The molecule has 180 valence electrons. The lowest BCUT2D eigenvalue weighted by molar-refractivity contribution is -0.143. The number of hydrogen-bond donors (Lipinski definition) is 6. The number of aliphatic hydroxyl groups is 1. The maximum atomic E-state index is 12.9. The Balaban J connectivity index is 5.35. The third-order valence-corrected chi connectivity index (χ3v) is 5.09. The van der Waals surface area contributed by atoms with E-state index in [0.29, 0.717) is 18.6 Å². The standard InChI is InChI=1S/C20H38N4O6S/c1-11(2)8-13(21)17(26)23-15(9-12(3)4)19(28)22-14(6-7-31-5)18(27)24-16(10-25)20(29)30/h11-16,25H,6-10,21H2,1-5H3,(H,22,28)(H,23,26)(H,24,27)(H,29,30). The van der Waals surface area contributed by atoms with Crippen molar-refractivity contribution in [1.82, 2.24) is 16.0 Å². The number of thioether (sulfide) groups is 1. The highest BCUT2D eigenvalue weighted by Crippen LogP contribution is 2.09.